The van der Waals surface area contributed by atoms with E-state index >= 15 is 0 Å². The molecule has 1 aromatic carbocycles. The molecule has 1 heterocycles. The van der Waals surface area contributed by atoms with Gasteiger partial charge in [0.05, 0.1) is 5.69 Å². The number of halogens is 2. The Bertz CT molecular complexity index is 614. The minimum atomic E-state index is -0.114. The Morgan fingerprint density at radius 1 is 1.26 bits per heavy atom. The van der Waals surface area contributed by atoms with Gasteiger partial charge in [-0.05, 0) is 44.2 Å². The van der Waals surface area contributed by atoms with Crippen LogP contribution in [0.25, 0.3) is 0 Å². The first-order valence-electron chi connectivity index (χ1n) is 6.82. The number of hydrogen-bond donors (Lipinski definition) is 2. The van der Waals surface area contributed by atoms with Crippen LogP contribution in [0.4, 0.5) is 5.69 Å². The summed E-state index contributed by atoms with van der Waals surface area (Å²) in [5.41, 5.74) is 7.96. The Labute approximate surface area is 148 Å². The van der Waals surface area contributed by atoms with Crippen molar-refractivity contribution in [2.24, 2.45) is 5.73 Å². The van der Waals surface area contributed by atoms with E-state index in [4.69, 9.17) is 10.5 Å². The summed E-state index contributed by atoms with van der Waals surface area (Å²) in [4.78, 5) is 12.0. The summed E-state index contributed by atoms with van der Waals surface area (Å²) in [6.45, 7) is 4.98. The summed E-state index contributed by atoms with van der Waals surface area (Å²) in [5, 5.41) is 7.09. The fourth-order valence-corrected chi connectivity index (χ4v) is 1.98. The monoisotopic (exact) mass is 360 g/mol. The minimum Gasteiger partial charge on any atom is -0.492 e. The molecule has 2 aromatic rings. The zero-order valence-corrected chi connectivity index (χ0v) is 14.7. The number of benzene rings is 1. The average molecular weight is 361 g/mol. The average Bonchev–Trinajstić information content (AvgIpc) is 2.76. The number of nitrogens with two attached hydrogens (primary N) is 1. The molecule has 128 valence electrons. The van der Waals surface area contributed by atoms with Gasteiger partial charge in [0.15, 0.2) is 0 Å². The van der Waals surface area contributed by atoms with Crippen LogP contribution in [0.5, 0.6) is 5.75 Å². The van der Waals surface area contributed by atoms with Gasteiger partial charge in [-0.2, -0.15) is 5.10 Å². The number of aromatic nitrogens is 2. The first-order chi connectivity index (χ1) is 10.1. The first-order valence-corrected chi connectivity index (χ1v) is 6.82. The maximum Gasteiger partial charge on any atom is 0.246 e. The second kappa shape index (κ2) is 10.1. The van der Waals surface area contributed by atoms with E-state index < -0.39 is 0 Å². The quantitative estimate of drug-likeness (QED) is 0.827. The van der Waals surface area contributed by atoms with E-state index in [1.807, 2.05) is 19.9 Å². The fourth-order valence-electron chi connectivity index (χ4n) is 1.98. The number of nitrogens with one attached hydrogen (secondary N) is 1. The molecule has 2 rings (SSSR count). The van der Waals surface area contributed by atoms with Crippen LogP contribution in [0.1, 0.15) is 11.4 Å². The SMILES string of the molecule is Cc1cc(C)n(CC(=O)Nc2ccc(OCCN)cc2)n1.Cl.Cl. The summed E-state index contributed by atoms with van der Waals surface area (Å²) in [6.07, 6.45) is 0. The Balaban J connectivity index is 0.00000242. The molecule has 0 spiro atoms. The maximum absolute atomic E-state index is 12.0. The molecular weight excluding hydrogens is 339 g/mol. The molecule has 0 aliphatic rings. The molecule has 0 saturated carbocycles. The van der Waals surface area contributed by atoms with Gasteiger partial charge in [0.1, 0.15) is 18.9 Å². The second-order valence-corrected chi connectivity index (χ2v) is 4.79. The highest BCUT2D eigenvalue weighted by Crippen LogP contribution is 2.15. The van der Waals surface area contributed by atoms with Gasteiger partial charge in [-0.3, -0.25) is 9.48 Å². The van der Waals surface area contributed by atoms with Crippen molar-refractivity contribution in [2.45, 2.75) is 20.4 Å². The van der Waals surface area contributed by atoms with Gasteiger partial charge in [0.25, 0.3) is 0 Å². The summed E-state index contributed by atoms with van der Waals surface area (Å²) >= 11 is 0. The molecular formula is C15H22Cl2N4O2. The van der Waals surface area contributed by atoms with Gasteiger partial charge in [-0.15, -0.1) is 24.8 Å². The number of rotatable bonds is 6. The first kappa shape index (κ1) is 21.2. The maximum atomic E-state index is 12.0. The van der Waals surface area contributed by atoms with Crippen LogP contribution >= 0.6 is 24.8 Å². The van der Waals surface area contributed by atoms with Crippen LogP contribution < -0.4 is 15.8 Å². The van der Waals surface area contributed by atoms with Crippen LogP contribution in [0.2, 0.25) is 0 Å². The predicted molar refractivity (Wildman–Crippen MR) is 95.8 cm³/mol. The van der Waals surface area contributed by atoms with E-state index in [0.717, 1.165) is 22.8 Å². The van der Waals surface area contributed by atoms with Gasteiger partial charge in [0.2, 0.25) is 5.91 Å². The van der Waals surface area contributed by atoms with Crippen molar-refractivity contribution in [2.75, 3.05) is 18.5 Å². The normalized spacial score (nSPS) is 9.52. The predicted octanol–water partition coefficient (Wildman–Crippen LogP) is 2.32. The van der Waals surface area contributed by atoms with E-state index in [1.165, 1.54) is 0 Å². The van der Waals surface area contributed by atoms with Crippen molar-refractivity contribution in [1.82, 2.24) is 9.78 Å². The molecule has 0 bridgehead atoms. The van der Waals surface area contributed by atoms with Crippen LogP contribution in [-0.2, 0) is 11.3 Å². The molecule has 0 saturated heterocycles. The smallest absolute Gasteiger partial charge is 0.246 e. The van der Waals surface area contributed by atoms with E-state index in [-0.39, 0.29) is 37.3 Å². The number of carbonyl (C=O) groups is 1. The van der Waals surface area contributed by atoms with E-state index in [0.29, 0.717) is 13.2 Å². The van der Waals surface area contributed by atoms with E-state index in [2.05, 4.69) is 10.4 Å². The standard InChI is InChI=1S/C15H20N4O2.2ClH/c1-11-9-12(2)19(18-11)10-15(20)17-13-3-5-14(6-4-13)21-8-7-16;;/h3-6,9H,7-8,10,16H2,1-2H3,(H,17,20);2*1H. The lowest BCUT2D eigenvalue weighted by atomic mass is 10.3. The van der Waals surface area contributed by atoms with Gasteiger partial charge in [-0.1, -0.05) is 0 Å². The highest BCUT2D eigenvalue weighted by atomic mass is 35.5. The van der Waals surface area contributed by atoms with Gasteiger partial charge < -0.3 is 15.8 Å². The lowest BCUT2D eigenvalue weighted by molar-refractivity contribution is -0.116. The van der Waals surface area contributed by atoms with E-state index in [9.17, 15) is 4.79 Å². The Morgan fingerprint density at radius 2 is 1.91 bits per heavy atom. The van der Waals surface area contributed by atoms with Crippen LogP contribution in [-0.4, -0.2) is 28.8 Å². The van der Waals surface area contributed by atoms with Crippen molar-refractivity contribution in [3.8, 4) is 5.75 Å². The largest absolute Gasteiger partial charge is 0.492 e. The Kier molecular flexibility index (Phi) is 9.32. The molecule has 0 aliphatic carbocycles. The van der Waals surface area contributed by atoms with Crippen molar-refractivity contribution in [3.63, 3.8) is 0 Å². The Morgan fingerprint density at radius 3 is 2.43 bits per heavy atom. The van der Waals surface area contributed by atoms with Crippen molar-refractivity contribution in [3.05, 3.63) is 41.7 Å². The number of aryl methyl sites for hydroxylation is 2. The fraction of sp³-hybridized carbons (Fsp3) is 0.333. The number of anilines is 1. The summed E-state index contributed by atoms with van der Waals surface area (Å²) in [5.74, 6) is 0.619. The molecule has 0 radical (unpaired) electrons. The third kappa shape index (κ3) is 6.48. The minimum absolute atomic E-state index is 0. The second-order valence-electron chi connectivity index (χ2n) is 4.79. The topological polar surface area (TPSA) is 82.2 Å². The molecule has 1 aromatic heterocycles. The molecule has 0 aliphatic heterocycles. The lowest BCUT2D eigenvalue weighted by Crippen LogP contribution is -2.20. The highest BCUT2D eigenvalue weighted by Gasteiger charge is 2.07. The highest BCUT2D eigenvalue weighted by molar-refractivity contribution is 5.90. The summed E-state index contributed by atoms with van der Waals surface area (Å²) in [7, 11) is 0. The van der Waals surface area contributed by atoms with Crippen LogP contribution in [0.3, 0.4) is 0 Å². The lowest BCUT2D eigenvalue weighted by Gasteiger charge is -2.08. The number of hydrogen-bond acceptors (Lipinski definition) is 4. The molecule has 0 fully saturated rings. The zero-order valence-electron chi connectivity index (χ0n) is 13.1. The number of nitrogens with zero attached hydrogens (tertiary/aromatic N) is 2. The molecule has 3 N–H and O–H groups in total. The zero-order chi connectivity index (χ0) is 15.2. The van der Waals surface area contributed by atoms with E-state index in [1.54, 1.807) is 28.9 Å². The molecule has 23 heavy (non-hydrogen) atoms. The molecule has 0 atom stereocenters. The van der Waals surface area contributed by atoms with Crippen molar-refractivity contribution < 1.29 is 9.53 Å². The van der Waals surface area contributed by atoms with Crippen molar-refractivity contribution in [1.29, 1.82) is 0 Å². The molecule has 8 heteroatoms. The van der Waals surface area contributed by atoms with Crippen LogP contribution in [0.15, 0.2) is 30.3 Å². The summed E-state index contributed by atoms with van der Waals surface area (Å²) < 4.78 is 7.06. The van der Waals surface area contributed by atoms with Crippen LogP contribution in [0, 0.1) is 13.8 Å². The molecule has 6 nitrogen and oxygen atoms in total. The summed E-state index contributed by atoms with van der Waals surface area (Å²) in [6, 6.07) is 9.13. The van der Waals surface area contributed by atoms with Gasteiger partial charge in [0, 0.05) is 17.9 Å². The van der Waals surface area contributed by atoms with Gasteiger partial charge in [-0.25, -0.2) is 0 Å². The number of amides is 1. The number of carbonyl (C=O) groups excluding carboxylic acids is 1. The van der Waals surface area contributed by atoms with Crippen molar-refractivity contribution >= 4 is 36.4 Å². The Hall–Kier alpha value is -1.76. The number of ether oxygens (including phenoxy) is 1. The molecule has 0 unspecified atom stereocenters. The molecule has 1 amide bonds. The third-order valence-corrected chi connectivity index (χ3v) is 2.92. The third-order valence-electron chi connectivity index (χ3n) is 2.92. The van der Waals surface area contributed by atoms with Gasteiger partial charge >= 0.3 is 0 Å².